The topological polar surface area (TPSA) is 75.6 Å². The van der Waals surface area contributed by atoms with Crippen LogP contribution in [-0.4, -0.2) is 60.8 Å². The van der Waals surface area contributed by atoms with Crippen molar-refractivity contribution in [2.45, 2.75) is 29.4 Å². The molecule has 3 heterocycles. The van der Waals surface area contributed by atoms with Gasteiger partial charge in [-0.15, -0.1) is 0 Å². The molecule has 0 amide bonds. The Morgan fingerprint density at radius 1 is 1.06 bits per heavy atom. The molecule has 1 spiro atoms. The quantitative estimate of drug-likeness (QED) is 0.477. The maximum absolute atomic E-state index is 15.7. The highest BCUT2D eigenvalue weighted by molar-refractivity contribution is 7.89. The number of alkyl halides is 4. The van der Waals surface area contributed by atoms with E-state index < -0.39 is 50.2 Å². The van der Waals surface area contributed by atoms with Gasteiger partial charge in [0.2, 0.25) is 10.0 Å². The molecule has 0 aliphatic carbocycles. The van der Waals surface area contributed by atoms with Crippen molar-refractivity contribution < 1.29 is 39.5 Å². The van der Waals surface area contributed by atoms with E-state index >= 15 is 4.39 Å². The van der Waals surface area contributed by atoms with Crippen molar-refractivity contribution in [3.8, 4) is 0 Å². The number of aromatic nitrogens is 2. The highest BCUT2D eigenvalue weighted by atomic mass is 32.2. The van der Waals surface area contributed by atoms with Crippen LogP contribution in [-0.2, 0) is 20.9 Å². The summed E-state index contributed by atoms with van der Waals surface area (Å²) in [6.07, 6.45) is -5.56. The van der Waals surface area contributed by atoms with Crippen molar-refractivity contribution in [2.75, 3.05) is 31.1 Å². The van der Waals surface area contributed by atoms with Crippen LogP contribution in [0.1, 0.15) is 12.0 Å². The fourth-order valence-electron chi connectivity index (χ4n) is 4.53. The van der Waals surface area contributed by atoms with Gasteiger partial charge < -0.3 is 9.64 Å². The van der Waals surface area contributed by atoms with E-state index in [2.05, 4.69) is 9.97 Å². The average molecular weight is 532 g/mol. The number of piperidine rings is 1. The number of benzene rings is 2. The third-order valence-electron chi connectivity index (χ3n) is 6.32. The summed E-state index contributed by atoms with van der Waals surface area (Å²) in [5.74, 6) is -2.05. The molecule has 0 radical (unpaired) electrons. The van der Waals surface area contributed by atoms with E-state index in [-0.39, 0.29) is 49.5 Å². The van der Waals surface area contributed by atoms with Crippen LogP contribution >= 0.6 is 0 Å². The molecule has 0 bridgehead atoms. The monoisotopic (exact) mass is 532 g/mol. The lowest BCUT2D eigenvalue weighted by atomic mass is 9.98. The molecule has 2 aliphatic heterocycles. The lowest BCUT2D eigenvalue weighted by Gasteiger charge is -2.45. The number of halogens is 6. The number of rotatable bonds is 3. The summed E-state index contributed by atoms with van der Waals surface area (Å²) >= 11 is 0. The van der Waals surface area contributed by atoms with Crippen LogP contribution in [0.5, 0.6) is 0 Å². The molecule has 2 fully saturated rings. The number of hydrogen-bond acceptors (Lipinski definition) is 6. The molecule has 0 saturated carbocycles. The van der Waals surface area contributed by atoms with Crippen molar-refractivity contribution in [1.29, 1.82) is 0 Å². The molecule has 3 aromatic rings. The zero-order valence-corrected chi connectivity index (χ0v) is 19.2. The normalized spacial score (nSPS) is 23.6. The van der Waals surface area contributed by atoms with Crippen molar-refractivity contribution in [1.82, 2.24) is 14.3 Å². The fourth-order valence-corrected chi connectivity index (χ4v) is 6.29. The van der Waals surface area contributed by atoms with Gasteiger partial charge in [-0.3, -0.25) is 4.98 Å². The second-order valence-corrected chi connectivity index (χ2v) is 10.3. The van der Waals surface area contributed by atoms with E-state index in [1.54, 1.807) is 0 Å². The lowest BCUT2D eigenvalue weighted by Crippen LogP contribution is -2.62. The van der Waals surface area contributed by atoms with Crippen molar-refractivity contribution >= 4 is 26.9 Å². The van der Waals surface area contributed by atoms with E-state index in [1.807, 2.05) is 0 Å². The van der Waals surface area contributed by atoms with Crippen LogP contribution in [0.3, 0.4) is 0 Å². The summed E-state index contributed by atoms with van der Waals surface area (Å²) in [4.78, 5) is 9.08. The highest BCUT2D eigenvalue weighted by Crippen LogP contribution is 2.41. The van der Waals surface area contributed by atoms with Gasteiger partial charge in [-0.1, -0.05) is 6.07 Å². The minimum atomic E-state index is -4.76. The van der Waals surface area contributed by atoms with Gasteiger partial charge in [0.1, 0.15) is 5.82 Å². The molecule has 2 aromatic carbocycles. The Morgan fingerprint density at radius 3 is 2.47 bits per heavy atom. The summed E-state index contributed by atoms with van der Waals surface area (Å²) in [5.41, 5.74) is -2.91. The van der Waals surface area contributed by atoms with Crippen molar-refractivity contribution in [3.05, 3.63) is 59.8 Å². The molecule has 2 atom stereocenters. The molecule has 0 N–H and O–H groups in total. The number of hydrogen-bond donors (Lipinski definition) is 0. The van der Waals surface area contributed by atoms with Gasteiger partial charge in [0.25, 0.3) is 0 Å². The van der Waals surface area contributed by atoms with Gasteiger partial charge in [0.05, 0.1) is 40.8 Å². The molecule has 192 valence electrons. The van der Waals surface area contributed by atoms with E-state index in [0.717, 1.165) is 34.6 Å². The minimum absolute atomic E-state index is 0.0490. The number of anilines is 1. The second-order valence-electron chi connectivity index (χ2n) is 8.44. The molecular weight excluding hydrogens is 514 g/mol. The van der Waals surface area contributed by atoms with Crippen molar-refractivity contribution in [2.24, 2.45) is 0 Å². The number of nitrogens with zero attached hydrogens (tertiary/aromatic N) is 4. The van der Waals surface area contributed by atoms with Gasteiger partial charge in [0, 0.05) is 31.6 Å². The highest BCUT2D eigenvalue weighted by Gasteiger charge is 2.57. The van der Waals surface area contributed by atoms with E-state index in [1.165, 1.54) is 11.1 Å². The third kappa shape index (κ3) is 4.06. The van der Waals surface area contributed by atoms with Crippen LogP contribution in [0.25, 0.3) is 11.0 Å². The van der Waals surface area contributed by atoms with Crippen LogP contribution in [0.4, 0.5) is 32.2 Å². The van der Waals surface area contributed by atoms with Crippen LogP contribution in [0.2, 0.25) is 0 Å². The van der Waals surface area contributed by atoms with Crippen molar-refractivity contribution in [3.63, 3.8) is 0 Å². The first-order valence-electron chi connectivity index (χ1n) is 10.8. The number of ether oxygens (including phenoxy) is 1. The standard InChI is InChI=1S/C22H18F6N4O3S/c23-15-9-17-18(10-16(15)24)30-20(11-29-17)31-5-4-21(19(25)12-31)32(6-7-35-21)36(33,34)14-3-1-2-13(8-14)22(26,27)28/h1-3,8-11,19H,4-7,12H2/t19-,21-/m0/s1. The third-order valence-corrected chi connectivity index (χ3v) is 8.25. The first kappa shape index (κ1) is 24.7. The number of fused-ring (bicyclic) bond motifs is 1. The summed E-state index contributed by atoms with van der Waals surface area (Å²) in [6.45, 7) is -0.698. The zero-order chi connectivity index (χ0) is 25.9. The summed E-state index contributed by atoms with van der Waals surface area (Å²) in [6, 6.07) is 5.00. The predicted octanol–water partition coefficient (Wildman–Crippen LogP) is 3.89. The molecule has 36 heavy (non-hydrogen) atoms. The van der Waals surface area contributed by atoms with Gasteiger partial charge in [-0.25, -0.2) is 26.6 Å². The molecule has 2 aliphatic rings. The minimum Gasteiger partial charge on any atom is -0.355 e. The summed E-state index contributed by atoms with van der Waals surface area (Å²) in [7, 11) is -4.54. The fraction of sp³-hybridized carbons (Fsp3) is 0.364. The molecule has 0 unspecified atom stereocenters. The maximum atomic E-state index is 15.7. The Kier molecular flexibility index (Phi) is 5.87. The van der Waals surface area contributed by atoms with E-state index in [9.17, 15) is 30.4 Å². The summed E-state index contributed by atoms with van der Waals surface area (Å²) < 4.78 is 115. The van der Waals surface area contributed by atoms with Gasteiger partial charge in [0.15, 0.2) is 23.5 Å². The van der Waals surface area contributed by atoms with E-state index in [0.29, 0.717) is 6.07 Å². The Balaban J connectivity index is 1.42. The molecule has 2 saturated heterocycles. The first-order valence-corrected chi connectivity index (χ1v) is 12.2. The van der Waals surface area contributed by atoms with Crippen LogP contribution in [0, 0.1) is 11.6 Å². The Bertz CT molecular complexity index is 1440. The zero-order valence-electron chi connectivity index (χ0n) is 18.3. The molecule has 14 heteroatoms. The molecular formula is C22H18F6N4O3S. The smallest absolute Gasteiger partial charge is 0.355 e. The van der Waals surface area contributed by atoms with Crippen LogP contribution < -0.4 is 4.90 Å². The Morgan fingerprint density at radius 2 is 1.78 bits per heavy atom. The lowest BCUT2D eigenvalue weighted by molar-refractivity contribution is -0.137. The predicted molar refractivity (Wildman–Crippen MR) is 115 cm³/mol. The second kappa shape index (κ2) is 8.56. The van der Waals surface area contributed by atoms with Crippen LogP contribution in [0.15, 0.2) is 47.5 Å². The molecule has 1 aromatic heterocycles. The van der Waals surface area contributed by atoms with E-state index in [4.69, 9.17) is 4.74 Å². The Hall–Kier alpha value is -2.97. The summed E-state index contributed by atoms with van der Waals surface area (Å²) in [5, 5.41) is 0. The Labute approximate surface area is 201 Å². The number of sulfonamides is 1. The average Bonchev–Trinajstić information content (AvgIpc) is 3.26. The largest absolute Gasteiger partial charge is 0.416 e. The molecule has 5 rings (SSSR count). The SMILES string of the molecule is O=S(=O)(c1cccc(C(F)(F)F)c1)N1CCO[C@]12CCN(c1cnc3cc(F)c(F)cc3n1)C[C@@H]2F. The first-order chi connectivity index (χ1) is 16.9. The van der Waals surface area contributed by atoms with Gasteiger partial charge in [-0.2, -0.15) is 17.5 Å². The van der Waals surface area contributed by atoms with Gasteiger partial charge >= 0.3 is 6.18 Å². The molecule has 7 nitrogen and oxygen atoms in total. The van der Waals surface area contributed by atoms with Gasteiger partial charge in [-0.05, 0) is 18.2 Å². The maximum Gasteiger partial charge on any atom is 0.416 e.